The Morgan fingerprint density at radius 3 is 2.44 bits per heavy atom. The van der Waals surface area contributed by atoms with E-state index in [0.29, 0.717) is 5.69 Å². The molecular formula is C11H14BrNO2S. The van der Waals surface area contributed by atoms with Crippen LogP contribution < -0.4 is 4.72 Å². The van der Waals surface area contributed by atoms with E-state index in [2.05, 4.69) is 20.7 Å². The molecule has 1 aromatic carbocycles. The summed E-state index contributed by atoms with van der Waals surface area (Å²) >= 11 is 3.33. The molecule has 16 heavy (non-hydrogen) atoms. The molecule has 5 heteroatoms. The second-order valence-corrected chi connectivity index (χ2v) is 6.85. The molecule has 0 bridgehead atoms. The first kappa shape index (κ1) is 11.9. The summed E-state index contributed by atoms with van der Waals surface area (Å²) in [5, 5.41) is -0.223. The van der Waals surface area contributed by atoms with E-state index >= 15 is 0 Å². The van der Waals surface area contributed by atoms with Crippen molar-refractivity contribution in [3.05, 3.63) is 28.7 Å². The van der Waals surface area contributed by atoms with Crippen LogP contribution in [0.1, 0.15) is 25.7 Å². The molecule has 2 rings (SSSR count). The van der Waals surface area contributed by atoms with E-state index in [4.69, 9.17) is 0 Å². The minimum Gasteiger partial charge on any atom is -0.282 e. The predicted octanol–water partition coefficient (Wildman–Crippen LogP) is 3.13. The second kappa shape index (κ2) is 4.75. The van der Waals surface area contributed by atoms with E-state index in [1.54, 1.807) is 6.07 Å². The highest BCUT2D eigenvalue weighted by molar-refractivity contribution is 9.10. The zero-order valence-corrected chi connectivity index (χ0v) is 11.2. The van der Waals surface area contributed by atoms with Gasteiger partial charge in [0.1, 0.15) is 0 Å². The van der Waals surface area contributed by atoms with Crippen molar-refractivity contribution < 1.29 is 8.42 Å². The number of hydrogen-bond donors (Lipinski definition) is 1. The summed E-state index contributed by atoms with van der Waals surface area (Å²) in [6.45, 7) is 0. The summed E-state index contributed by atoms with van der Waals surface area (Å²) in [5.41, 5.74) is 0.620. The van der Waals surface area contributed by atoms with Crippen molar-refractivity contribution in [1.82, 2.24) is 0 Å². The number of nitrogens with one attached hydrogen (secondary N) is 1. The third-order valence-corrected chi connectivity index (χ3v) is 5.41. The fourth-order valence-electron chi connectivity index (χ4n) is 1.98. The molecule has 1 aliphatic rings. The summed E-state index contributed by atoms with van der Waals surface area (Å²) in [7, 11) is -3.22. The number of benzene rings is 1. The number of rotatable bonds is 3. The van der Waals surface area contributed by atoms with E-state index in [9.17, 15) is 8.42 Å². The average molecular weight is 304 g/mol. The van der Waals surface area contributed by atoms with E-state index in [0.717, 1.165) is 30.2 Å². The largest absolute Gasteiger partial charge is 0.282 e. The first-order chi connectivity index (χ1) is 7.59. The zero-order valence-electron chi connectivity index (χ0n) is 8.82. The second-order valence-electron chi connectivity index (χ2n) is 4.03. The first-order valence-corrected chi connectivity index (χ1v) is 7.70. The van der Waals surface area contributed by atoms with E-state index in [1.165, 1.54) is 0 Å². The third-order valence-electron chi connectivity index (χ3n) is 2.87. The number of sulfonamides is 1. The average Bonchev–Trinajstić information content (AvgIpc) is 2.75. The maximum Gasteiger partial charge on any atom is 0.235 e. The van der Waals surface area contributed by atoms with Gasteiger partial charge in [0.05, 0.1) is 10.9 Å². The van der Waals surface area contributed by atoms with E-state index in [1.807, 2.05) is 18.2 Å². The van der Waals surface area contributed by atoms with Gasteiger partial charge < -0.3 is 0 Å². The fourth-order valence-corrected chi connectivity index (χ4v) is 4.10. The Hall–Kier alpha value is -0.550. The van der Waals surface area contributed by atoms with Gasteiger partial charge in [0.2, 0.25) is 10.0 Å². The number of anilines is 1. The quantitative estimate of drug-likeness (QED) is 0.932. The van der Waals surface area contributed by atoms with Gasteiger partial charge in [-0.25, -0.2) is 8.42 Å². The van der Waals surface area contributed by atoms with Crippen LogP contribution in [0.25, 0.3) is 0 Å². The van der Waals surface area contributed by atoms with Gasteiger partial charge >= 0.3 is 0 Å². The summed E-state index contributed by atoms with van der Waals surface area (Å²) in [6.07, 6.45) is 3.59. The molecule has 88 valence electrons. The fraction of sp³-hybridized carbons (Fsp3) is 0.455. The van der Waals surface area contributed by atoms with E-state index < -0.39 is 10.0 Å². The molecule has 0 radical (unpaired) electrons. The van der Waals surface area contributed by atoms with E-state index in [-0.39, 0.29) is 5.25 Å². The highest BCUT2D eigenvalue weighted by Crippen LogP contribution is 2.28. The maximum absolute atomic E-state index is 12.0. The molecule has 1 saturated carbocycles. The molecule has 0 unspecified atom stereocenters. The van der Waals surface area contributed by atoms with Crippen molar-refractivity contribution in [2.75, 3.05) is 4.72 Å². The van der Waals surface area contributed by atoms with Crippen molar-refractivity contribution >= 4 is 31.6 Å². The summed E-state index contributed by atoms with van der Waals surface area (Å²) < 4.78 is 27.5. The monoisotopic (exact) mass is 303 g/mol. The smallest absolute Gasteiger partial charge is 0.235 e. The van der Waals surface area contributed by atoms with Gasteiger partial charge in [-0.1, -0.05) is 25.0 Å². The van der Waals surface area contributed by atoms with Crippen LogP contribution in [-0.4, -0.2) is 13.7 Å². The molecule has 0 heterocycles. The number of hydrogen-bond acceptors (Lipinski definition) is 2. The van der Waals surface area contributed by atoms with Gasteiger partial charge in [-0.2, -0.15) is 0 Å². The van der Waals surface area contributed by atoms with Crippen LogP contribution in [0, 0.1) is 0 Å². The lowest BCUT2D eigenvalue weighted by Crippen LogP contribution is -2.25. The molecule has 0 atom stereocenters. The minimum atomic E-state index is -3.22. The molecule has 0 saturated heterocycles. The van der Waals surface area contributed by atoms with Gasteiger partial charge in [0.25, 0.3) is 0 Å². The van der Waals surface area contributed by atoms with Crippen molar-refractivity contribution in [2.24, 2.45) is 0 Å². The lowest BCUT2D eigenvalue weighted by Gasteiger charge is -2.14. The summed E-state index contributed by atoms with van der Waals surface area (Å²) in [4.78, 5) is 0. The lowest BCUT2D eigenvalue weighted by atomic mass is 10.3. The van der Waals surface area contributed by atoms with Crippen LogP contribution in [0.3, 0.4) is 0 Å². The molecule has 3 nitrogen and oxygen atoms in total. The molecule has 0 aromatic heterocycles. The Kier molecular flexibility index (Phi) is 3.54. The van der Waals surface area contributed by atoms with Crippen LogP contribution in [0.5, 0.6) is 0 Å². The van der Waals surface area contributed by atoms with Crippen LogP contribution in [0.15, 0.2) is 28.7 Å². The Morgan fingerprint density at radius 1 is 1.19 bits per heavy atom. The Bertz CT molecular complexity index is 467. The van der Waals surface area contributed by atoms with Crippen molar-refractivity contribution in [1.29, 1.82) is 0 Å². The zero-order chi connectivity index (χ0) is 11.6. The normalized spacial score (nSPS) is 17.6. The molecule has 0 amide bonds. The van der Waals surface area contributed by atoms with Crippen LogP contribution in [0.4, 0.5) is 5.69 Å². The summed E-state index contributed by atoms with van der Waals surface area (Å²) in [5.74, 6) is 0. The highest BCUT2D eigenvalue weighted by Gasteiger charge is 2.28. The van der Waals surface area contributed by atoms with Crippen molar-refractivity contribution in [3.63, 3.8) is 0 Å². The SMILES string of the molecule is O=S(=O)(Nc1ccccc1Br)C1CCCC1. The number of halogens is 1. The standard InChI is InChI=1S/C11H14BrNO2S/c12-10-7-3-4-8-11(10)13-16(14,15)9-5-1-2-6-9/h3-4,7-9,13H,1-2,5-6H2. The van der Waals surface area contributed by atoms with Gasteiger partial charge in [0, 0.05) is 4.47 Å². The molecular weight excluding hydrogens is 290 g/mol. The molecule has 1 fully saturated rings. The Morgan fingerprint density at radius 2 is 1.81 bits per heavy atom. The maximum atomic E-state index is 12.0. The molecule has 1 aliphatic carbocycles. The third kappa shape index (κ3) is 2.58. The van der Waals surface area contributed by atoms with Crippen molar-refractivity contribution in [2.45, 2.75) is 30.9 Å². The molecule has 0 spiro atoms. The minimum absolute atomic E-state index is 0.223. The predicted molar refractivity (Wildman–Crippen MR) is 68.9 cm³/mol. The van der Waals surface area contributed by atoms with Gasteiger partial charge in [-0.15, -0.1) is 0 Å². The molecule has 1 aromatic rings. The van der Waals surface area contributed by atoms with Crippen LogP contribution in [0.2, 0.25) is 0 Å². The van der Waals surface area contributed by atoms with Crippen LogP contribution >= 0.6 is 15.9 Å². The summed E-state index contributed by atoms with van der Waals surface area (Å²) in [6, 6.07) is 7.26. The molecule has 1 N–H and O–H groups in total. The first-order valence-electron chi connectivity index (χ1n) is 5.36. The topological polar surface area (TPSA) is 46.2 Å². The Labute approximate surface area is 104 Å². The van der Waals surface area contributed by atoms with Gasteiger partial charge in [0.15, 0.2) is 0 Å². The molecule has 0 aliphatic heterocycles. The number of para-hydroxylation sites is 1. The van der Waals surface area contributed by atoms with Crippen molar-refractivity contribution in [3.8, 4) is 0 Å². The van der Waals surface area contributed by atoms with Crippen LogP contribution in [-0.2, 0) is 10.0 Å². The Balaban J connectivity index is 2.18. The highest BCUT2D eigenvalue weighted by atomic mass is 79.9. The lowest BCUT2D eigenvalue weighted by molar-refractivity contribution is 0.585. The van der Waals surface area contributed by atoms with Gasteiger partial charge in [-0.05, 0) is 40.9 Å². The van der Waals surface area contributed by atoms with Gasteiger partial charge in [-0.3, -0.25) is 4.72 Å².